The second-order valence-electron chi connectivity index (χ2n) is 8.23. The zero-order chi connectivity index (χ0) is 23.8. The summed E-state index contributed by atoms with van der Waals surface area (Å²) in [5.74, 6) is 0.889. The fraction of sp³-hybridized carbons (Fsp3) is 0.0714. The number of nitrogens with zero attached hydrogens (tertiary/aromatic N) is 6. The van der Waals surface area contributed by atoms with Crippen molar-refractivity contribution in [3.05, 3.63) is 111 Å². The van der Waals surface area contributed by atoms with Crippen LogP contribution in [0.3, 0.4) is 0 Å². The molecule has 7 rings (SSSR count). The number of anilines is 4. The monoisotopic (exact) mass is 651 g/mol. The molecule has 5 aromatic rings. The first-order valence-corrected chi connectivity index (χ1v) is 11.2. The minimum atomic E-state index is 0. The van der Waals surface area contributed by atoms with Crippen molar-refractivity contribution in [3.8, 4) is 0 Å². The summed E-state index contributed by atoms with van der Waals surface area (Å²) in [5.41, 5.74) is 4.70. The Kier molecular flexibility index (Phi) is 6.63. The van der Waals surface area contributed by atoms with Gasteiger partial charge in [-0.3, -0.25) is 0 Å². The molecule has 0 atom stereocenters. The van der Waals surface area contributed by atoms with Crippen LogP contribution in [0.2, 0.25) is 0 Å². The minimum Gasteiger partial charge on any atom is -0.514 e. The molecule has 1 radical (unpaired) electrons. The number of para-hydroxylation sites is 2. The summed E-state index contributed by atoms with van der Waals surface area (Å²) >= 11 is 0. The van der Waals surface area contributed by atoms with Crippen molar-refractivity contribution in [2.75, 3.05) is 28.8 Å². The first-order chi connectivity index (χ1) is 17.2. The summed E-state index contributed by atoms with van der Waals surface area (Å²) in [6.45, 7) is 3.98. The van der Waals surface area contributed by atoms with E-state index in [1.807, 2.05) is 120 Å². The van der Waals surface area contributed by atoms with E-state index in [0.29, 0.717) is 0 Å². The van der Waals surface area contributed by atoms with Gasteiger partial charge in [0.25, 0.3) is 0 Å². The quantitative estimate of drug-likeness (QED) is 0.227. The molecular formula is C28H22IrN6O-4. The van der Waals surface area contributed by atoms with Crippen LogP contribution in [0.5, 0.6) is 0 Å². The van der Waals surface area contributed by atoms with Gasteiger partial charge in [0.1, 0.15) is 17.7 Å². The smallest absolute Gasteiger partial charge is 0.128 e. The van der Waals surface area contributed by atoms with E-state index in [-0.39, 0.29) is 20.1 Å². The van der Waals surface area contributed by atoms with Crippen LogP contribution in [0.4, 0.5) is 22.9 Å². The van der Waals surface area contributed by atoms with Crippen LogP contribution in [0, 0.1) is 25.5 Å². The van der Waals surface area contributed by atoms with Crippen LogP contribution in [0.1, 0.15) is 0 Å². The molecule has 0 bridgehead atoms. The van der Waals surface area contributed by atoms with Crippen molar-refractivity contribution < 1.29 is 24.5 Å². The fourth-order valence-electron chi connectivity index (χ4n) is 4.20. The topological polar surface area (TPSA) is 51.9 Å². The molecule has 183 valence electrons. The Morgan fingerprint density at radius 3 is 2.56 bits per heavy atom. The van der Waals surface area contributed by atoms with Crippen LogP contribution >= 0.6 is 0 Å². The van der Waals surface area contributed by atoms with Gasteiger partial charge in [0.15, 0.2) is 0 Å². The molecule has 0 fully saturated rings. The van der Waals surface area contributed by atoms with Crippen LogP contribution in [0.15, 0.2) is 90.0 Å². The number of hydrogen-bond donors (Lipinski definition) is 0. The molecular weight excluding hydrogens is 629 g/mol. The third-order valence-electron chi connectivity index (χ3n) is 5.87. The maximum atomic E-state index is 5.99. The van der Waals surface area contributed by atoms with Crippen molar-refractivity contribution in [2.45, 2.75) is 0 Å². The number of aromatic nitrogens is 2. The van der Waals surface area contributed by atoms with E-state index >= 15 is 0 Å². The molecule has 7 nitrogen and oxygen atoms in total. The Bertz CT molecular complexity index is 1520. The normalized spacial score (nSPS) is 14.2. The van der Waals surface area contributed by atoms with Crippen LogP contribution in [-0.2, 0) is 20.1 Å². The van der Waals surface area contributed by atoms with Crippen molar-refractivity contribution in [3.63, 3.8) is 0 Å². The van der Waals surface area contributed by atoms with E-state index < -0.39 is 0 Å². The average molecular weight is 651 g/mol. The van der Waals surface area contributed by atoms with Gasteiger partial charge in [0.05, 0.1) is 11.9 Å². The van der Waals surface area contributed by atoms with Crippen molar-refractivity contribution in [1.29, 1.82) is 0 Å². The van der Waals surface area contributed by atoms with Gasteiger partial charge in [-0.25, -0.2) is 9.97 Å². The Labute approximate surface area is 223 Å². The van der Waals surface area contributed by atoms with E-state index in [1.165, 1.54) is 0 Å². The van der Waals surface area contributed by atoms with Gasteiger partial charge in [0.2, 0.25) is 0 Å². The first kappa shape index (κ1) is 23.9. The summed E-state index contributed by atoms with van der Waals surface area (Å²) in [7, 11) is 3.97. The Balaban J connectivity index is 0.000000146. The Hall–Kier alpha value is -3.87. The summed E-state index contributed by atoms with van der Waals surface area (Å²) in [6, 6.07) is 26.4. The molecule has 2 aromatic heterocycles. The number of fused-ring (bicyclic) bond motifs is 4. The van der Waals surface area contributed by atoms with Gasteiger partial charge in [-0.2, -0.15) is 61.9 Å². The van der Waals surface area contributed by atoms with Crippen molar-refractivity contribution >= 4 is 44.8 Å². The van der Waals surface area contributed by atoms with Crippen LogP contribution in [-0.4, -0.2) is 29.0 Å². The maximum absolute atomic E-state index is 5.99. The molecule has 0 spiro atoms. The zero-order valence-corrected chi connectivity index (χ0v) is 22.1. The van der Waals surface area contributed by atoms with Gasteiger partial charge in [-0.15, -0.1) is 5.69 Å². The van der Waals surface area contributed by atoms with Crippen LogP contribution in [0.25, 0.3) is 21.9 Å². The average Bonchev–Trinajstić information content (AvgIpc) is 3.60. The zero-order valence-electron chi connectivity index (χ0n) is 19.7. The Morgan fingerprint density at radius 2 is 1.75 bits per heavy atom. The molecule has 0 unspecified atom stereocenters. The van der Waals surface area contributed by atoms with Crippen molar-refractivity contribution in [2.24, 2.45) is 0 Å². The fourth-order valence-corrected chi connectivity index (χ4v) is 4.20. The van der Waals surface area contributed by atoms with Crippen LogP contribution < -0.4 is 14.7 Å². The second-order valence-corrected chi connectivity index (χ2v) is 8.23. The molecule has 2 aliphatic heterocycles. The summed E-state index contributed by atoms with van der Waals surface area (Å²) in [4.78, 5) is 16.3. The van der Waals surface area contributed by atoms with E-state index in [4.69, 9.17) is 4.42 Å². The summed E-state index contributed by atoms with van der Waals surface area (Å²) < 4.78 is 5.99. The molecule has 0 N–H and O–H groups in total. The largest absolute Gasteiger partial charge is 0.514 e. The second kappa shape index (κ2) is 10.0. The third-order valence-corrected chi connectivity index (χ3v) is 5.87. The van der Waals surface area contributed by atoms with Gasteiger partial charge >= 0.3 is 0 Å². The van der Waals surface area contributed by atoms with Gasteiger partial charge in [-0.05, 0) is 32.6 Å². The van der Waals surface area contributed by atoms with E-state index in [1.54, 1.807) is 6.33 Å². The number of rotatable bonds is 2. The molecule has 3 aromatic carbocycles. The maximum Gasteiger partial charge on any atom is 0.128 e. The standard InChI is InChI=1S/C16H12N2O.C12H10N4.Ir/c1-17-9-10-18(11-17)14-7-4-6-13-12-5-2-3-8-15(12)19-16(13)14;1-15-9-16(10-5-3-2-4-6-10)12-11(15)7-13-8-14-12;/h2-6,8-11H,1H3;2-5,7-9H,1H3;/q2*-2;. The Morgan fingerprint density at radius 1 is 0.889 bits per heavy atom. The van der Waals surface area contributed by atoms with E-state index in [2.05, 4.69) is 28.2 Å². The van der Waals surface area contributed by atoms with Gasteiger partial charge in [-0.1, -0.05) is 29.3 Å². The van der Waals surface area contributed by atoms with E-state index in [9.17, 15) is 0 Å². The summed E-state index contributed by atoms with van der Waals surface area (Å²) in [5, 5.41) is 2.27. The molecule has 0 amide bonds. The molecule has 8 heteroatoms. The predicted molar refractivity (Wildman–Crippen MR) is 138 cm³/mol. The number of hydrogen-bond acceptors (Lipinski definition) is 7. The SMILES string of the molecule is CN1C=CN(c2[c-]ccc3c2oc2ccccc23)[CH-]1.CN1[CH-]N(c2[c-]cccc2)c2ncncc21.[Ir]. The van der Waals surface area contributed by atoms with Gasteiger partial charge in [0, 0.05) is 31.1 Å². The molecule has 0 saturated heterocycles. The van der Waals surface area contributed by atoms with Gasteiger partial charge < -0.3 is 24.0 Å². The van der Waals surface area contributed by atoms with Crippen molar-refractivity contribution in [1.82, 2.24) is 14.9 Å². The summed E-state index contributed by atoms with van der Waals surface area (Å²) in [6.07, 6.45) is 7.36. The molecule has 36 heavy (non-hydrogen) atoms. The molecule has 4 heterocycles. The first-order valence-electron chi connectivity index (χ1n) is 11.2. The number of furan rings is 1. The van der Waals surface area contributed by atoms with E-state index in [0.717, 1.165) is 44.8 Å². The predicted octanol–water partition coefficient (Wildman–Crippen LogP) is 5.71. The minimum absolute atomic E-state index is 0. The molecule has 2 aliphatic rings. The third kappa shape index (κ3) is 4.30. The molecule has 0 aliphatic carbocycles. The molecule has 0 saturated carbocycles. The number of benzene rings is 3.